The number of carbonyl (C=O) groups excluding carboxylic acids is 1. The van der Waals surface area contributed by atoms with Crippen molar-refractivity contribution < 1.29 is 9.53 Å². The van der Waals surface area contributed by atoms with E-state index in [4.69, 9.17) is 16.3 Å². The van der Waals surface area contributed by atoms with Gasteiger partial charge in [0.05, 0.1) is 17.7 Å². The third kappa shape index (κ3) is 2.93. The molecule has 1 saturated carbocycles. The number of carbonyl (C=O) groups is 1. The topological polar surface area (TPSA) is 41.6 Å². The van der Waals surface area contributed by atoms with Crippen LogP contribution in [-0.2, 0) is 15.1 Å². The summed E-state index contributed by atoms with van der Waals surface area (Å²) in [7, 11) is 3.68. The van der Waals surface area contributed by atoms with E-state index in [2.05, 4.69) is 10.2 Å². The Labute approximate surface area is 130 Å². The lowest BCUT2D eigenvalue weighted by molar-refractivity contribution is -0.126. The molecule has 1 N–H and O–H groups in total. The highest BCUT2D eigenvalue weighted by atomic mass is 35.5. The van der Waals surface area contributed by atoms with Crippen LogP contribution in [0.1, 0.15) is 24.8 Å². The first-order chi connectivity index (χ1) is 10.0. The van der Waals surface area contributed by atoms with Crippen molar-refractivity contribution in [2.45, 2.75) is 36.9 Å². The number of amides is 1. The molecule has 3 rings (SSSR count). The standard InChI is InChI=1S/C16H21ClN2O2/c1-19-10-13(21-2)9-14(19)15(20)18-16(6-7-16)11-4-3-5-12(17)8-11/h3-5,8,13-14H,6-7,9-10H2,1-2H3,(H,18,20)/t13-,14-/m0/s1. The fourth-order valence-electron chi connectivity index (χ4n) is 3.15. The van der Waals surface area contributed by atoms with Gasteiger partial charge in [0, 0.05) is 18.7 Å². The number of nitrogens with zero attached hydrogens (tertiary/aromatic N) is 1. The van der Waals surface area contributed by atoms with Crippen LogP contribution in [0, 0.1) is 0 Å². The summed E-state index contributed by atoms with van der Waals surface area (Å²) in [5, 5.41) is 3.95. The number of ether oxygens (including phenoxy) is 1. The normalized spacial score (nSPS) is 27.6. The molecule has 2 fully saturated rings. The Bertz CT molecular complexity index is 545. The summed E-state index contributed by atoms with van der Waals surface area (Å²) in [6, 6.07) is 7.68. The molecule has 21 heavy (non-hydrogen) atoms. The van der Waals surface area contributed by atoms with Crippen LogP contribution in [0.2, 0.25) is 5.02 Å². The average Bonchev–Trinajstić information content (AvgIpc) is 3.14. The number of nitrogens with one attached hydrogen (secondary N) is 1. The highest BCUT2D eigenvalue weighted by Crippen LogP contribution is 2.46. The van der Waals surface area contributed by atoms with Crippen LogP contribution >= 0.6 is 11.6 Å². The Balaban J connectivity index is 1.70. The van der Waals surface area contributed by atoms with Crippen LogP contribution in [0.15, 0.2) is 24.3 Å². The minimum absolute atomic E-state index is 0.0922. The molecule has 1 saturated heterocycles. The molecular formula is C16H21ClN2O2. The van der Waals surface area contributed by atoms with Gasteiger partial charge in [-0.15, -0.1) is 0 Å². The first-order valence-corrected chi connectivity index (χ1v) is 7.73. The van der Waals surface area contributed by atoms with Gasteiger partial charge in [0.2, 0.25) is 5.91 Å². The molecule has 114 valence electrons. The Kier molecular flexibility index (Phi) is 3.95. The van der Waals surface area contributed by atoms with Gasteiger partial charge in [-0.3, -0.25) is 9.69 Å². The minimum Gasteiger partial charge on any atom is -0.380 e. The lowest BCUT2D eigenvalue weighted by Gasteiger charge is -2.24. The van der Waals surface area contributed by atoms with E-state index in [9.17, 15) is 4.79 Å². The van der Waals surface area contributed by atoms with Crippen molar-refractivity contribution in [3.05, 3.63) is 34.9 Å². The summed E-state index contributed by atoms with van der Waals surface area (Å²) < 4.78 is 5.37. The van der Waals surface area contributed by atoms with Crippen molar-refractivity contribution in [2.24, 2.45) is 0 Å². The number of halogens is 1. The van der Waals surface area contributed by atoms with Crippen molar-refractivity contribution in [3.63, 3.8) is 0 Å². The molecule has 0 unspecified atom stereocenters. The molecule has 1 aromatic rings. The van der Waals surface area contributed by atoms with E-state index in [1.54, 1.807) is 7.11 Å². The predicted molar refractivity (Wildman–Crippen MR) is 82.3 cm³/mol. The van der Waals surface area contributed by atoms with Crippen LogP contribution in [0.25, 0.3) is 0 Å². The molecular weight excluding hydrogens is 288 g/mol. The molecule has 0 aromatic heterocycles. The molecule has 1 aliphatic carbocycles. The first kappa shape index (κ1) is 14.8. The highest BCUT2D eigenvalue weighted by Gasteiger charge is 2.47. The Morgan fingerprint density at radius 2 is 2.24 bits per heavy atom. The van der Waals surface area contributed by atoms with Gasteiger partial charge in [-0.1, -0.05) is 23.7 Å². The van der Waals surface area contributed by atoms with E-state index in [1.165, 1.54) is 0 Å². The van der Waals surface area contributed by atoms with Crippen LogP contribution in [0.3, 0.4) is 0 Å². The van der Waals surface area contributed by atoms with E-state index >= 15 is 0 Å². The number of likely N-dealkylation sites (tertiary alicyclic amines) is 1. The van der Waals surface area contributed by atoms with Crippen LogP contribution < -0.4 is 5.32 Å². The summed E-state index contributed by atoms with van der Waals surface area (Å²) >= 11 is 6.07. The molecule has 1 aromatic carbocycles. The molecule has 2 atom stereocenters. The Morgan fingerprint density at radius 1 is 1.48 bits per heavy atom. The number of likely N-dealkylation sites (N-methyl/N-ethyl adjacent to an activating group) is 1. The third-order valence-corrected chi connectivity index (χ3v) is 4.87. The van der Waals surface area contributed by atoms with Crippen LogP contribution in [-0.4, -0.2) is 43.7 Å². The van der Waals surface area contributed by atoms with Gasteiger partial charge in [-0.2, -0.15) is 0 Å². The lowest BCUT2D eigenvalue weighted by atomic mass is 10.0. The van der Waals surface area contributed by atoms with Gasteiger partial charge in [-0.05, 0) is 44.0 Å². The van der Waals surface area contributed by atoms with E-state index < -0.39 is 0 Å². The number of benzene rings is 1. The Hall–Kier alpha value is -1.10. The average molecular weight is 309 g/mol. The first-order valence-electron chi connectivity index (χ1n) is 7.35. The molecule has 2 aliphatic rings. The second-order valence-corrected chi connectivity index (χ2v) is 6.57. The van der Waals surface area contributed by atoms with E-state index in [0.717, 1.165) is 31.4 Å². The van der Waals surface area contributed by atoms with Crippen molar-refractivity contribution >= 4 is 17.5 Å². The third-order valence-electron chi connectivity index (χ3n) is 4.64. The minimum atomic E-state index is -0.214. The second kappa shape index (κ2) is 5.59. The summed E-state index contributed by atoms with van der Waals surface area (Å²) in [4.78, 5) is 14.7. The number of hydrogen-bond donors (Lipinski definition) is 1. The molecule has 0 spiro atoms. The molecule has 1 aliphatic heterocycles. The lowest BCUT2D eigenvalue weighted by Crippen LogP contribution is -2.45. The van der Waals surface area contributed by atoms with Gasteiger partial charge in [-0.25, -0.2) is 0 Å². The maximum atomic E-state index is 12.6. The Morgan fingerprint density at radius 3 is 2.81 bits per heavy atom. The smallest absolute Gasteiger partial charge is 0.238 e. The SMILES string of the molecule is CO[C@H]1C[C@@H](C(=O)NC2(c3cccc(Cl)c3)CC2)N(C)C1. The highest BCUT2D eigenvalue weighted by molar-refractivity contribution is 6.30. The summed E-state index contributed by atoms with van der Waals surface area (Å²) in [5.41, 5.74) is 0.890. The zero-order valence-corrected chi connectivity index (χ0v) is 13.2. The molecule has 4 nitrogen and oxygen atoms in total. The largest absolute Gasteiger partial charge is 0.380 e. The summed E-state index contributed by atoms with van der Waals surface area (Å²) in [6.07, 6.45) is 2.85. The van der Waals surface area contributed by atoms with Gasteiger partial charge in [0.15, 0.2) is 0 Å². The number of methoxy groups -OCH3 is 1. The number of hydrogen-bond acceptors (Lipinski definition) is 3. The molecule has 1 heterocycles. The van der Waals surface area contributed by atoms with Crippen molar-refractivity contribution in [2.75, 3.05) is 20.7 Å². The predicted octanol–water partition coefficient (Wildman–Crippen LogP) is 2.16. The fraction of sp³-hybridized carbons (Fsp3) is 0.562. The number of rotatable bonds is 4. The zero-order valence-electron chi connectivity index (χ0n) is 12.4. The monoisotopic (exact) mass is 308 g/mol. The van der Waals surface area contributed by atoms with Gasteiger partial charge >= 0.3 is 0 Å². The summed E-state index contributed by atoms with van der Waals surface area (Å²) in [6.45, 7) is 0.804. The van der Waals surface area contributed by atoms with E-state index in [0.29, 0.717) is 5.02 Å². The van der Waals surface area contributed by atoms with Crippen molar-refractivity contribution in [1.82, 2.24) is 10.2 Å². The summed E-state index contributed by atoms with van der Waals surface area (Å²) in [5.74, 6) is 0.0922. The van der Waals surface area contributed by atoms with Crippen LogP contribution in [0.4, 0.5) is 0 Å². The van der Waals surface area contributed by atoms with Gasteiger partial charge in [0.25, 0.3) is 0 Å². The van der Waals surface area contributed by atoms with E-state index in [1.807, 2.05) is 31.3 Å². The van der Waals surface area contributed by atoms with Gasteiger partial charge < -0.3 is 10.1 Å². The molecule has 0 bridgehead atoms. The van der Waals surface area contributed by atoms with Gasteiger partial charge in [0.1, 0.15) is 0 Å². The van der Waals surface area contributed by atoms with Crippen molar-refractivity contribution in [3.8, 4) is 0 Å². The van der Waals surface area contributed by atoms with Crippen molar-refractivity contribution in [1.29, 1.82) is 0 Å². The van der Waals surface area contributed by atoms with E-state index in [-0.39, 0.29) is 23.6 Å². The van der Waals surface area contributed by atoms with Crippen LogP contribution in [0.5, 0.6) is 0 Å². The fourth-order valence-corrected chi connectivity index (χ4v) is 3.34. The quantitative estimate of drug-likeness (QED) is 0.927. The molecule has 1 amide bonds. The maximum Gasteiger partial charge on any atom is 0.238 e. The maximum absolute atomic E-state index is 12.6. The molecule has 0 radical (unpaired) electrons. The second-order valence-electron chi connectivity index (χ2n) is 6.13. The zero-order chi connectivity index (χ0) is 15.0. The molecule has 5 heteroatoms.